The number of aromatic nitrogens is 2. The fraction of sp³-hybridized carbons (Fsp3) is 0.231. The van der Waals surface area contributed by atoms with Gasteiger partial charge in [-0.15, -0.1) is 11.6 Å². The van der Waals surface area contributed by atoms with Crippen LogP contribution in [0.15, 0.2) is 35.1 Å². The topological polar surface area (TPSA) is 64.3 Å². The van der Waals surface area contributed by atoms with E-state index in [0.29, 0.717) is 12.3 Å². The molecule has 0 spiro atoms. The van der Waals surface area contributed by atoms with Gasteiger partial charge in [-0.05, 0) is 31.2 Å². The first-order valence-electron chi connectivity index (χ1n) is 5.77. The van der Waals surface area contributed by atoms with Crippen LogP contribution in [0.1, 0.15) is 12.6 Å². The molecule has 100 valence electrons. The molecular weight excluding hydrogens is 268 g/mol. The number of hydrogen-bond donors (Lipinski definition) is 1. The summed E-state index contributed by atoms with van der Waals surface area (Å²) in [5, 5.41) is 13.5. The van der Waals surface area contributed by atoms with E-state index in [1.54, 1.807) is 24.3 Å². The first kappa shape index (κ1) is 13.4. The van der Waals surface area contributed by atoms with E-state index in [9.17, 15) is 9.90 Å². The first-order valence-corrected chi connectivity index (χ1v) is 6.30. The molecule has 1 aromatic heterocycles. The molecule has 0 saturated heterocycles. The molecule has 0 aliphatic rings. The van der Waals surface area contributed by atoms with Crippen LogP contribution >= 0.6 is 11.6 Å². The molecule has 6 heteroatoms. The summed E-state index contributed by atoms with van der Waals surface area (Å²) in [7, 11) is 0. The minimum absolute atomic E-state index is 0.0309. The molecule has 1 N–H and O–H groups in total. The highest BCUT2D eigenvalue weighted by Crippen LogP contribution is 2.16. The quantitative estimate of drug-likeness (QED) is 0.871. The van der Waals surface area contributed by atoms with Crippen LogP contribution in [-0.2, 0) is 5.88 Å². The van der Waals surface area contributed by atoms with Gasteiger partial charge >= 0.3 is 0 Å². The van der Waals surface area contributed by atoms with Crippen molar-refractivity contribution < 1.29 is 9.84 Å². The van der Waals surface area contributed by atoms with E-state index in [-0.39, 0.29) is 17.3 Å². The second-order valence-corrected chi connectivity index (χ2v) is 4.05. The number of aromatic hydroxyl groups is 1. The largest absolute Gasteiger partial charge is 0.506 e. The molecular formula is C13H13ClN2O3. The van der Waals surface area contributed by atoms with Gasteiger partial charge in [0.25, 0.3) is 5.56 Å². The lowest BCUT2D eigenvalue weighted by Crippen LogP contribution is -2.21. The maximum atomic E-state index is 11.8. The molecule has 2 rings (SSSR count). The van der Waals surface area contributed by atoms with Gasteiger partial charge in [0.15, 0.2) is 0 Å². The summed E-state index contributed by atoms with van der Waals surface area (Å²) in [6, 6.07) is 8.03. The van der Waals surface area contributed by atoms with E-state index in [0.717, 1.165) is 11.8 Å². The summed E-state index contributed by atoms with van der Waals surface area (Å²) in [6.07, 6.45) is 0. The monoisotopic (exact) mass is 280 g/mol. The van der Waals surface area contributed by atoms with E-state index >= 15 is 0 Å². The molecule has 0 saturated carbocycles. The summed E-state index contributed by atoms with van der Waals surface area (Å²) in [5.74, 6) is 0.557. The van der Waals surface area contributed by atoms with E-state index in [1.807, 2.05) is 6.92 Å². The molecule has 5 nitrogen and oxygen atoms in total. The zero-order chi connectivity index (χ0) is 13.8. The summed E-state index contributed by atoms with van der Waals surface area (Å²) in [5.41, 5.74) is 0.422. The molecule has 0 atom stereocenters. The van der Waals surface area contributed by atoms with Gasteiger partial charge in [0.05, 0.1) is 18.2 Å². The van der Waals surface area contributed by atoms with E-state index in [4.69, 9.17) is 16.3 Å². The Morgan fingerprint density at radius 1 is 1.37 bits per heavy atom. The highest BCUT2D eigenvalue weighted by Gasteiger charge is 2.08. The van der Waals surface area contributed by atoms with Crippen molar-refractivity contribution in [3.05, 3.63) is 46.4 Å². The van der Waals surface area contributed by atoms with Gasteiger partial charge in [-0.2, -0.15) is 9.78 Å². The number of ether oxygens (including phenoxy) is 1. The molecule has 0 radical (unpaired) electrons. The van der Waals surface area contributed by atoms with Crippen molar-refractivity contribution in [3.8, 4) is 17.2 Å². The minimum atomic E-state index is -0.421. The van der Waals surface area contributed by atoms with Crippen LogP contribution in [-0.4, -0.2) is 21.5 Å². The van der Waals surface area contributed by atoms with Gasteiger partial charge in [-0.1, -0.05) is 0 Å². The Bertz CT molecular complexity index is 623. The minimum Gasteiger partial charge on any atom is -0.506 e. The standard InChI is InChI=1S/C13H13ClN2O3/c1-2-19-10-5-3-9(4-6-10)16-13(18)7-12(17)11(8-14)15-16/h3-7,17H,2,8H2,1H3. The van der Waals surface area contributed by atoms with Crippen molar-refractivity contribution in [2.24, 2.45) is 0 Å². The van der Waals surface area contributed by atoms with Crippen LogP contribution < -0.4 is 10.3 Å². The van der Waals surface area contributed by atoms with Crippen LogP contribution in [0.3, 0.4) is 0 Å². The Morgan fingerprint density at radius 2 is 2.05 bits per heavy atom. The van der Waals surface area contributed by atoms with Crippen LogP contribution in [0.25, 0.3) is 5.69 Å². The highest BCUT2D eigenvalue weighted by atomic mass is 35.5. The Labute approximate surface area is 115 Å². The van der Waals surface area contributed by atoms with Gasteiger partial charge in [0, 0.05) is 6.07 Å². The first-order chi connectivity index (χ1) is 9.15. The molecule has 0 unspecified atom stereocenters. The van der Waals surface area contributed by atoms with Crippen LogP contribution in [0.5, 0.6) is 11.5 Å². The Morgan fingerprint density at radius 3 is 2.63 bits per heavy atom. The highest BCUT2D eigenvalue weighted by molar-refractivity contribution is 6.17. The fourth-order valence-corrected chi connectivity index (χ4v) is 1.80. The number of rotatable bonds is 4. The summed E-state index contributed by atoms with van der Waals surface area (Å²) in [6.45, 7) is 2.47. The summed E-state index contributed by atoms with van der Waals surface area (Å²) in [4.78, 5) is 11.8. The smallest absolute Gasteiger partial charge is 0.275 e. The van der Waals surface area contributed by atoms with Gasteiger partial charge in [0.2, 0.25) is 0 Å². The van der Waals surface area contributed by atoms with E-state index in [1.165, 1.54) is 4.68 Å². The lowest BCUT2D eigenvalue weighted by atomic mass is 10.3. The number of alkyl halides is 1. The lowest BCUT2D eigenvalue weighted by Gasteiger charge is -2.08. The molecule has 0 aliphatic heterocycles. The molecule has 2 aromatic rings. The number of benzene rings is 1. The average molecular weight is 281 g/mol. The molecule has 1 heterocycles. The van der Waals surface area contributed by atoms with Crippen LogP contribution in [0.4, 0.5) is 0 Å². The van der Waals surface area contributed by atoms with Crippen molar-refractivity contribution in [3.63, 3.8) is 0 Å². The molecule has 1 aromatic carbocycles. The zero-order valence-corrected chi connectivity index (χ0v) is 11.1. The zero-order valence-electron chi connectivity index (χ0n) is 10.3. The SMILES string of the molecule is CCOc1ccc(-n2nc(CCl)c(O)cc2=O)cc1. The predicted octanol–water partition coefficient (Wildman–Crippen LogP) is 2.08. The third-order valence-electron chi connectivity index (χ3n) is 2.50. The van der Waals surface area contributed by atoms with Crippen molar-refractivity contribution in [2.75, 3.05) is 6.61 Å². The van der Waals surface area contributed by atoms with Crippen LogP contribution in [0.2, 0.25) is 0 Å². The van der Waals surface area contributed by atoms with Crippen LogP contribution in [0, 0.1) is 0 Å². The normalized spacial score (nSPS) is 10.4. The maximum absolute atomic E-state index is 11.8. The Hall–Kier alpha value is -2.01. The van der Waals surface area contributed by atoms with Crippen molar-refractivity contribution in [1.82, 2.24) is 9.78 Å². The third kappa shape index (κ3) is 2.88. The number of halogens is 1. The third-order valence-corrected chi connectivity index (χ3v) is 2.76. The Kier molecular flexibility index (Phi) is 4.06. The van der Waals surface area contributed by atoms with Gasteiger partial charge in [-0.3, -0.25) is 4.79 Å². The van der Waals surface area contributed by atoms with Crippen molar-refractivity contribution >= 4 is 11.6 Å². The fourth-order valence-electron chi connectivity index (χ4n) is 1.61. The lowest BCUT2D eigenvalue weighted by molar-refractivity contribution is 0.340. The number of nitrogens with zero attached hydrogens (tertiary/aromatic N) is 2. The second kappa shape index (κ2) is 5.75. The predicted molar refractivity (Wildman–Crippen MR) is 72.2 cm³/mol. The number of hydrogen-bond acceptors (Lipinski definition) is 4. The van der Waals surface area contributed by atoms with Crippen molar-refractivity contribution in [1.29, 1.82) is 0 Å². The molecule has 0 bridgehead atoms. The van der Waals surface area contributed by atoms with E-state index < -0.39 is 5.56 Å². The Balaban J connectivity index is 2.43. The van der Waals surface area contributed by atoms with Gasteiger partial charge in [0.1, 0.15) is 17.2 Å². The average Bonchev–Trinajstić information content (AvgIpc) is 2.41. The van der Waals surface area contributed by atoms with E-state index in [2.05, 4.69) is 5.10 Å². The maximum Gasteiger partial charge on any atom is 0.275 e. The molecule has 0 aliphatic carbocycles. The van der Waals surface area contributed by atoms with Gasteiger partial charge in [-0.25, -0.2) is 0 Å². The summed E-state index contributed by atoms with van der Waals surface area (Å²) >= 11 is 5.65. The van der Waals surface area contributed by atoms with Crippen molar-refractivity contribution in [2.45, 2.75) is 12.8 Å². The summed E-state index contributed by atoms with van der Waals surface area (Å²) < 4.78 is 6.51. The molecule has 19 heavy (non-hydrogen) atoms. The molecule has 0 fully saturated rings. The van der Waals surface area contributed by atoms with Gasteiger partial charge < -0.3 is 9.84 Å². The second-order valence-electron chi connectivity index (χ2n) is 3.79. The molecule has 0 amide bonds.